The highest BCUT2D eigenvalue weighted by Crippen LogP contribution is 2.24. The third-order valence-corrected chi connectivity index (χ3v) is 4.69. The molecule has 0 radical (unpaired) electrons. The summed E-state index contributed by atoms with van der Waals surface area (Å²) in [6.45, 7) is 10.1. The molecule has 2 aliphatic heterocycles. The Kier molecular flexibility index (Phi) is 4.76. The van der Waals surface area contributed by atoms with Crippen LogP contribution in [0.15, 0.2) is 18.3 Å². The maximum absolute atomic E-state index is 4.61. The molecule has 4 heteroatoms. The minimum absolute atomic E-state index is 0.521. The van der Waals surface area contributed by atoms with Gasteiger partial charge >= 0.3 is 0 Å². The van der Waals surface area contributed by atoms with Gasteiger partial charge in [0.1, 0.15) is 5.82 Å². The van der Waals surface area contributed by atoms with Crippen molar-refractivity contribution in [2.24, 2.45) is 0 Å². The molecule has 1 aromatic rings. The monoisotopic (exact) mass is 288 g/mol. The molecule has 1 N–H and O–H groups in total. The van der Waals surface area contributed by atoms with Crippen LogP contribution < -0.4 is 10.2 Å². The second-order valence-corrected chi connectivity index (χ2v) is 6.69. The second-order valence-electron chi connectivity index (χ2n) is 6.69. The van der Waals surface area contributed by atoms with Crippen LogP contribution >= 0.6 is 0 Å². The first-order chi connectivity index (χ1) is 10.2. The minimum Gasteiger partial charge on any atom is -0.354 e. The summed E-state index contributed by atoms with van der Waals surface area (Å²) in [5.41, 5.74) is 1.33. The lowest BCUT2D eigenvalue weighted by Gasteiger charge is -2.44. The van der Waals surface area contributed by atoms with Gasteiger partial charge in [0.15, 0.2) is 0 Å². The molecule has 0 aliphatic carbocycles. The van der Waals surface area contributed by atoms with Crippen LogP contribution in [-0.2, 0) is 6.54 Å². The van der Waals surface area contributed by atoms with Gasteiger partial charge in [0.05, 0.1) is 0 Å². The van der Waals surface area contributed by atoms with E-state index < -0.39 is 0 Å². The lowest BCUT2D eigenvalue weighted by atomic mass is 9.99. The number of nitrogens with zero attached hydrogens (tertiary/aromatic N) is 3. The van der Waals surface area contributed by atoms with Gasteiger partial charge < -0.3 is 10.2 Å². The summed E-state index contributed by atoms with van der Waals surface area (Å²) < 4.78 is 0. The van der Waals surface area contributed by atoms with E-state index in [1.807, 2.05) is 6.20 Å². The highest BCUT2D eigenvalue weighted by molar-refractivity contribution is 5.42. The first-order valence-electron chi connectivity index (χ1n) is 8.39. The Hall–Kier alpha value is -1.13. The maximum Gasteiger partial charge on any atom is 0.128 e. The van der Waals surface area contributed by atoms with Crippen molar-refractivity contribution in [3.05, 3.63) is 23.9 Å². The fourth-order valence-corrected chi connectivity index (χ4v) is 3.43. The van der Waals surface area contributed by atoms with Gasteiger partial charge in [-0.15, -0.1) is 0 Å². The van der Waals surface area contributed by atoms with Crippen LogP contribution in [0.4, 0.5) is 5.82 Å². The normalized spacial score (nSPS) is 23.4. The second kappa shape index (κ2) is 6.75. The first kappa shape index (κ1) is 14.8. The molecule has 1 atom stereocenters. The lowest BCUT2D eigenvalue weighted by Crippen LogP contribution is -2.55. The predicted molar refractivity (Wildman–Crippen MR) is 87.6 cm³/mol. The molecule has 1 unspecified atom stereocenters. The van der Waals surface area contributed by atoms with Crippen molar-refractivity contribution in [2.75, 3.05) is 31.1 Å². The molecule has 2 saturated heterocycles. The Balaban J connectivity index is 1.64. The van der Waals surface area contributed by atoms with E-state index in [-0.39, 0.29) is 0 Å². The molecule has 2 fully saturated rings. The van der Waals surface area contributed by atoms with Crippen LogP contribution in [0.5, 0.6) is 0 Å². The van der Waals surface area contributed by atoms with E-state index in [1.165, 1.54) is 37.9 Å². The molecule has 0 bridgehead atoms. The Morgan fingerprint density at radius 1 is 1.29 bits per heavy atom. The van der Waals surface area contributed by atoms with Gasteiger partial charge in [0.25, 0.3) is 0 Å². The van der Waals surface area contributed by atoms with Gasteiger partial charge in [0.2, 0.25) is 0 Å². The zero-order valence-corrected chi connectivity index (χ0v) is 13.4. The van der Waals surface area contributed by atoms with Crippen LogP contribution in [-0.4, -0.2) is 48.1 Å². The number of anilines is 1. The number of piperazine rings is 1. The van der Waals surface area contributed by atoms with E-state index in [9.17, 15) is 0 Å². The van der Waals surface area contributed by atoms with Gasteiger partial charge in [0, 0.05) is 44.5 Å². The summed E-state index contributed by atoms with van der Waals surface area (Å²) in [6.07, 6.45) is 6.08. The fourth-order valence-electron chi connectivity index (χ4n) is 3.43. The van der Waals surface area contributed by atoms with Crippen LogP contribution in [0.25, 0.3) is 0 Å². The molecule has 0 spiro atoms. The molecule has 2 aliphatic rings. The van der Waals surface area contributed by atoms with E-state index in [2.05, 4.69) is 46.1 Å². The Morgan fingerprint density at radius 2 is 2.19 bits per heavy atom. The number of pyridine rings is 1. The Morgan fingerprint density at radius 3 is 3.05 bits per heavy atom. The van der Waals surface area contributed by atoms with Crippen LogP contribution in [0.2, 0.25) is 0 Å². The van der Waals surface area contributed by atoms with Crippen molar-refractivity contribution in [2.45, 2.75) is 51.7 Å². The van der Waals surface area contributed by atoms with Gasteiger partial charge in [-0.1, -0.05) is 20.3 Å². The van der Waals surface area contributed by atoms with Gasteiger partial charge in [-0.05, 0) is 37.1 Å². The molecule has 3 rings (SSSR count). The number of aromatic nitrogens is 1. The summed E-state index contributed by atoms with van der Waals surface area (Å²) in [5, 5.41) is 3.48. The smallest absolute Gasteiger partial charge is 0.128 e. The average molecular weight is 288 g/mol. The summed E-state index contributed by atoms with van der Waals surface area (Å²) in [7, 11) is 0. The van der Waals surface area contributed by atoms with Crippen molar-refractivity contribution in [1.29, 1.82) is 0 Å². The minimum atomic E-state index is 0.521. The Labute approximate surface area is 128 Å². The zero-order chi connectivity index (χ0) is 14.7. The lowest BCUT2D eigenvalue weighted by molar-refractivity contribution is 0.133. The standard InChI is InChI=1S/C17H28N4/c1-14(2)19-12-15-6-7-18-17(11-15)21-10-9-20-8-4-3-5-16(20)13-21/h6-7,11,14,16,19H,3-5,8-10,12-13H2,1-2H3. The molecular formula is C17H28N4. The molecule has 3 heterocycles. The highest BCUT2D eigenvalue weighted by atomic mass is 15.3. The molecule has 21 heavy (non-hydrogen) atoms. The van der Waals surface area contributed by atoms with Crippen LogP contribution in [0.3, 0.4) is 0 Å². The molecule has 1 aromatic heterocycles. The summed E-state index contributed by atoms with van der Waals surface area (Å²) in [4.78, 5) is 9.76. The molecule has 0 aromatic carbocycles. The number of piperidine rings is 1. The largest absolute Gasteiger partial charge is 0.354 e. The third-order valence-electron chi connectivity index (χ3n) is 4.69. The van der Waals surface area contributed by atoms with Gasteiger partial charge in [-0.3, -0.25) is 4.90 Å². The maximum atomic E-state index is 4.61. The van der Waals surface area contributed by atoms with Gasteiger partial charge in [-0.25, -0.2) is 4.98 Å². The van der Waals surface area contributed by atoms with E-state index in [4.69, 9.17) is 0 Å². The van der Waals surface area contributed by atoms with Crippen molar-refractivity contribution >= 4 is 5.82 Å². The number of hydrogen-bond donors (Lipinski definition) is 1. The number of rotatable bonds is 4. The Bertz CT molecular complexity index is 460. The zero-order valence-electron chi connectivity index (χ0n) is 13.4. The SMILES string of the molecule is CC(C)NCc1ccnc(N2CCN3CCCCC3C2)c1. The highest BCUT2D eigenvalue weighted by Gasteiger charge is 2.29. The fraction of sp³-hybridized carbons (Fsp3) is 0.706. The molecule has 0 amide bonds. The number of hydrogen-bond acceptors (Lipinski definition) is 4. The number of fused-ring (bicyclic) bond motifs is 1. The van der Waals surface area contributed by atoms with Crippen molar-refractivity contribution in [3.8, 4) is 0 Å². The first-order valence-corrected chi connectivity index (χ1v) is 8.39. The van der Waals surface area contributed by atoms with Crippen molar-refractivity contribution in [3.63, 3.8) is 0 Å². The number of nitrogens with one attached hydrogen (secondary N) is 1. The van der Waals surface area contributed by atoms with Crippen molar-refractivity contribution < 1.29 is 0 Å². The van der Waals surface area contributed by atoms with Crippen LogP contribution in [0, 0.1) is 0 Å². The quantitative estimate of drug-likeness (QED) is 0.921. The van der Waals surface area contributed by atoms with E-state index >= 15 is 0 Å². The van der Waals surface area contributed by atoms with E-state index in [0.717, 1.165) is 31.5 Å². The summed E-state index contributed by atoms with van der Waals surface area (Å²) >= 11 is 0. The molecule has 0 saturated carbocycles. The van der Waals surface area contributed by atoms with Crippen LogP contribution in [0.1, 0.15) is 38.7 Å². The van der Waals surface area contributed by atoms with Crippen molar-refractivity contribution in [1.82, 2.24) is 15.2 Å². The third kappa shape index (κ3) is 3.74. The molecular weight excluding hydrogens is 260 g/mol. The van der Waals surface area contributed by atoms with E-state index in [1.54, 1.807) is 0 Å². The average Bonchev–Trinajstić information content (AvgIpc) is 2.53. The van der Waals surface area contributed by atoms with E-state index in [0.29, 0.717) is 6.04 Å². The van der Waals surface area contributed by atoms with Gasteiger partial charge in [-0.2, -0.15) is 0 Å². The molecule has 116 valence electrons. The predicted octanol–water partition coefficient (Wildman–Crippen LogP) is 2.25. The topological polar surface area (TPSA) is 31.4 Å². The summed E-state index contributed by atoms with van der Waals surface area (Å²) in [6, 6.07) is 5.64. The molecule has 4 nitrogen and oxygen atoms in total. The summed E-state index contributed by atoms with van der Waals surface area (Å²) in [5.74, 6) is 1.16.